The van der Waals surface area contributed by atoms with Crippen molar-refractivity contribution in [2.45, 2.75) is 67.2 Å². The molecular weight excluding hydrogens is 318 g/mol. The Morgan fingerprint density at radius 1 is 1.04 bits per heavy atom. The van der Waals surface area contributed by atoms with Crippen molar-refractivity contribution in [1.29, 1.82) is 0 Å². The molecule has 4 amide bonds. The van der Waals surface area contributed by atoms with Crippen molar-refractivity contribution < 1.29 is 14.4 Å². The summed E-state index contributed by atoms with van der Waals surface area (Å²) in [6.07, 6.45) is 2.69. The molecule has 0 aromatic carbocycles. The average molecular weight is 354 g/mol. The van der Waals surface area contributed by atoms with Crippen molar-refractivity contribution in [3.8, 4) is 0 Å². The van der Waals surface area contributed by atoms with Crippen LogP contribution in [0, 0.1) is 16.7 Å². The Bertz CT molecular complexity index is 489. The van der Waals surface area contributed by atoms with Gasteiger partial charge in [0.05, 0.1) is 5.92 Å². The third kappa shape index (κ3) is 7.45. The van der Waals surface area contributed by atoms with E-state index in [1.165, 1.54) is 4.90 Å². The van der Waals surface area contributed by atoms with Crippen LogP contribution in [0.5, 0.6) is 0 Å². The average Bonchev–Trinajstić information content (AvgIpc) is 2.73. The second-order valence-corrected chi connectivity index (χ2v) is 9.21. The fourth-order valence-electron chi connectivity index (χ4n) is 2.81. The molecule has 1 fully saturated rings. The van der Waals surface area contributed by atoms with Crippen LogP contribution in [0.25, 0.3) is 0 Å². The van der Waals surface area contributed by atoms with E-state index in [1.807, 2.05) is 20.8 Å². The highest BCUT2D eigenvalue weighted by molar-refractivity contribution is 6.03. The zero-order chi connectivity index (χ0) is 19.3. The summed E-state index contributed by atoms with van der Waals surface area (Å²) < 4.78 is 0. The van der Waals surface area contributed by atoms with Crippen LogP contribution in [0.1, 0.15) is 67.2 Å². The van der Waals surface area contributed by atoms with Crippen LogP contribution in [0.4, 0.5) is 4.79 Å². The molecule has 1 rings (SSSR count). The highest BCUT2D eigenvalue weighted by atomic mass is 16.2. The van der Waals surface area contributed by atoms with Crippen molar-refractivity contribution in [1.82, 2.24) is 15.5 Å². The molecule has 0 aromatic rings. The summed E-state index contributed by atoms with van der Waals surface area (Å²) in [6, 6.07) is -0.162. The lowest BCUT2D eigenvalue weighted by Crippen LogP contribution is -2.38. The Morgan fingerprint density at radius 3 is 2.16 bits per heavy atom. The fourth-order valence-corrected chi connectivity index (χ4v) is 2.81. The summed E-state index contributed by atoms with van der Waals surface area (Å²) in [5.41, 5.74) is 0.0151. The third-order valence-electron chi connectivity index (χ3n) is 4.54. The molecule has 1 saturated heterocycles. The number of hydrogen-bond acceptors (Lipinski definition) is 3. The molecule has 1 heterocycles. The molecule has 1 aliphatic rings. The van der Waals surface area contributed by atoms with Crippen LogP contribution in [0.2, 0.25) is 0 Å². The van der Waals surface area contributed by atoms with Gasteiger partial charge in [0.1, 0.15) is 0 Å². The van der Waals surface area contributed by atoms with E-state index in [2.05, 4.69) is 31.4 Å². The van der Waals surface area contributed by atoms with Gasteiger partial charge in [-0.3, -0.25) is 14.5 Å². The van der Waals surface area contributed by atoms with Gasteiger partial charge in [-0.2, -0.15) is 0 Å². The van der Waals surface area contributed by atoms with E-state index >= 15 is 0 Å². The molecule has 0 aromatic heterocycles. The van der Waals surface area contributed by atoms with E-state index in [1.54, 1.807) is 0 Å². The molecule has 2 N–H and O–H groups in total. The van der Waals surface area contributed by atoms with Gasteiger partial charge in [0, 0.05) is 26.1 Å². The van der Waals surface area contributed by atoms with E-state index in [9.17, 15) is 14.4 Å². The quantitative estimate of drug-likeness (QED) is 0.545. The first kappa shape index (κ1) is 21.5. The molecule has 6 nitrogen and oxygen atoms in total. The lowest BCUT2D eigenvalue weighted by molar-refractivity contribution is -0.140. The van der Waals surface area contributed by atoms with Crippen molar-refractivity contribution in [2.24, 2.45) is 16.7 Å². The maximum absolute atomic E-state index is 12.4. The van der Waals surface area contributed by atoms with Crippen molar-refractivity contribution in [2.75, 3.05) is 19.6 Å². The van der Waals surface area contributed by atoms with Crippen LogP contribution in [-0.2, 0) is 9.59 Å². The lowest BCUT2D eigenvalue weighted by Gasteiger charge is -2.24. The summed E-state index contributed by atoms with van der Waals surface area (Å²) in [4.78, 5) is 37.5. The van der Waals surface area contributed by atoms with Gasteiger partial charge in [-0.1, -0.05) is 41.5 Å². The molecule has 0 saturated carbocycles. The van der Waals surface area contributed by atoms with Gasteiger partial charge in [-0.05, 0) is 30.1 Å². The van der Waals surface area contributed by atoms with E-state index in [0.29, 0.717) is 32.5 Å². The standard InChI is InChI=1S/C19H35N3O3/c1-18(2,3)9-11-21-17(25)20-10-7-8-12-22-15(23)13-14(16(22)24)19(4,5)6/h14H,7-13H2,1-6H3,(H2,20,21,25). The zero-order valence-electron chi connectivity index (χ0n) is 16.7. The van der Waals surface area contributed by atoms with Gasteiger partial charge in [0.2, 0.25) is 11.8 Å². The maximum atomic E-state index is 12.4. The first-order valence-electron chi connectivity index (χ1n) is 9.28. The normalized spacial score (nSPS) is 18.6. The predicted molar refractivity (Wildman–Crippen MR) is 99.0 cm³/mol. The summed E-state index contributed by atoms with van der Waals surface area (Å²) in [5.74, 6) is -0.338. The minimum absolute atomic E-state index is 0.0506. The van der Waals surface area contributed by atoms with Crippen LogP contribution >= 0.6 is 0 Å². The number of likely N-dealkylation sites (tertiary alicyclic amines) is 1. The molecule has 0 spiro atoms. The second-order valence-electron chi connectivity index (χ2n) is 9.21. The number of urea groups is 1. The molecule has 0 bridgehead atoms. The number of nitrogens with one attached hydrogen (secondary N) is 2. The first-order chi connectivity index (χ1) is 11.4. The van der Waals surface area contributed by atoms with Gasteiger partial charge in [-0.25, -0.2) is 4.79 Å². The number of hydrogen-bond donors (Lipinski definition) is 2. The second kappa shape index (κ2) is 8.68. The molecule has 25 heavy (non-hydrogen) atoms. The van der Waals surface area contributed by atoms with Gasteiger partial charge in [0.15, 0.2) is 0 Å². The highest BCUT2D eigenvalue weighted by Gasteiger charge is 2.44. The van der Waals surface area contributed by atoms with Gasteiger partial charge < -0.3 is 10.6 Å². The predicted octanol–water partition coefficient (Wildman–Crippen LogP) is 2.92. The van der Waals surface area contributed by atoms with E-state index in [-0.39, 0.29) is 34.6 Å². The SMILES string of the molecule is CC(C)(C)CCNC(=O)NCCCCN1C(=O)CC(C(C)(C)C)C1=O. The van der Waals surface area contributed by atoms with Crippen LogP contribution in [-0.4, -0.2) is 42.4 Å². The summed E-state index contributed by atoms with van der Waals surface area (Å²) in [6.45, 7) is 14.0. The largest absolute Gasteiger partial charge is 0.338 e. The summed E-state index contributed by atoms with van der Waals surface area (Å²) >= 11 is 0. The number of carbonyl (C=O) groups excluding carboxylic acids is 3. The Morgan fingerprint density at radius 2 is 1.64 bits per heavy atom. The van der Waals surface area contributed by atoms with Crippen LogP contribution < -0.4 is 10.6 Å². The highest BCUT2D eigenvalue weighted by Crippen LogP contribution is 2.35. The Kier molecular flexibility index (Phi) is 7.44. The van der Waals surface area contributed by atoms with Crippen molar-refractivity contribution in [3.05, 3.63) is 0 Å². The monoisotopic (exact) mass is 353 g/mol. The lowest BCUT2D eigenvalue weighted by atomic mass is 9.80. The molecule has 0 aliphatic carbocycles. The number of unbranched alkanes of at least 4 members (excludes halogenated alkanes) is 1. The molecule has 6 heteroatoms. The molecule has 1 atom stereocenters. The molecule has 1 unspecified atom stereocenters. The Hall–Kier alpha value is -1.59. The molecule has 144 valence electrons. The Balaban J connectivity index is 2.20. The van der Waals surface area contributed by atoms with E-state index in [0.717, 1.165) is 12.8 Å². The number of nitrogens with zero attached hydrogens (tertiary/aromatic N) is 1. The maximum Gasteiger partial charge on any atom is 0.314 e. The topological polar surface area (TPSA) is 78.5 Å². The number of rotatable bonds is 7. The van der Waals surface area contributed by atoms with Gasteiger partial charge in [0.25, 0.3) is 0 Å². The molecule has 0 radical (unpaired) electrons. The fraction of sp³-hybridized carbons (Fsp3) is 0.842. The summed E-state index contributed by atoms with van der Waals surface area (Å²) in [7, 11) is 0. The van der Waals surface area contributed by atoms with Crippen LogP contribution in [0.15, 0.2) is 0 Å². The van der Waals surface area contributed by atoms with Gasteiger partial charge >= 0.3 is 6.03 Å². The first-order valence-corrected chi connectivity index (χ1v) is 9.28. The zero-order valence-corrected chi connectivity index (χ0v) is 16.7. The summed E-state index contributed by atoms with van der Waals surface area (Å²) in [5, 5.41) is 5.65. The minimum Gasteiger partial charge on any atom is -0.338 e. The van der Waals surface area contributed by atoms with Crippen molar-refractivity contribution in [3.63, 3.8) is 0 Å². The minimum atomic E-state index is -0.216. The number of amides is 4. The van der Waals surface area contributed by atoms with Gasteiger partial charge in [-0.15, -0.1) is 0 Å². The molecule has 1 aliphatic heterocycles. The number of carbonyl (C=O) groups is 3. The van der Waals surface area contributed by atoms with Crippen molar-refractivity contribution >= 4 is 17.8 Å². The molecular formula is C19H35N3O3. The van der Waals surface area contributed by atoms with E-state index in [4.69, 9.17) is 0 Å². The third-order valence-corrected chi connectivity index (χ3v) is 4.54. The van der Waals surface area contributed by atoms with E-state index < -0.39 is 0 Å². The smallest absolute Gasteiger partial charge is 0.314 e. The van der Waals surface area contributed by atoms with Crippen LogP contribution in [0.3, 0.4) is 0 Å². The number of imide groups is 1. The Labute approximate surface area is 152 Å².